The molecule has 1 aromatic heterocycles. The summed E-state index contributed by atoms with van der Waals surface area (Å²) >= 11 is 3.12. The van der Waals surface area contributed by atoms with Crippen molar-refractivity contribution >= 4 is 29.1 Å². The lowest BCUT2D eigenvalue weighted by Crippen LogP contribution is -2.20. The topological polar surface area (TPSA) is 59.4 Å². The van der Waals surface area contributed by atoms with Crippen molar-refractivity contribution in [2.75, 3.05) is 6.61 Å². The molecule has 4 nitrogen and oxygen atoms in total. The van der Waals surface area contributed by atoms with E-state index in [0.717, 1.165) is 33.2 Å². The molecule has 1 heterocycles. The predicted octanol–water partition coefficient (Wildman–Crippen LogP) is 6.07. The van der Waals surface area contributed by atoms with E-state index < -0.39 is 17.7 Å². The lowest BCUT2D eigenvalue weighted by atomic mass is 10.0. The summed E-state index contributed by atoms with van der Waals surface area (Å²) in [5.41, 5.74) is 1.83. The van der Waals surface area contributed by atoms with E-state index in [1.54, 1.807) is 11.8 Å². The van der Waals surface area contributed by atoms with Crippen LogP contribution >= 0.6 is 23.1 Å². The molecule has 160 valence electrons. The summed E-state index contributed by atoms with van der Waals surface area (Å²) in [6.07, 6.45) is 0.0689. The summed E-state index contributed by atoms with van der Waals surface area (Å²) in [7, 11) is 0. The van der Waals surface area contributed by atoms with E-state index in [9.17, 15) is 18.0 Å². The summed E-state index contributed by atoms with van der Waals surface area (Å²) in [5.74, 6) is -0.295. The van der Waals surface area contributed by atoms with Crippen molar-refractivity contribution in [3.05, 3.63) is 63.0 Å². The van der Waals surface area contributed by atoms with E-state index >= 15 is 0 Å². The number of aromatic nitrogens is 1. The second kappa shape index (κ2) is 9.36. The van der Waals surface area contributed by atoms with E-state index in [0.29, 0.717) is 22.7 Å². The number of aryl methyl sites for hydroxylation is 1. The van der Waals surface area contributed by atoms with Crippen LogP contribution < -0.4 is 0 Å². The molecule has 3 rings (SSSR count). The maximum Gasteiger partial charge on any atom is 0.416 e. The fourth-order valence-corrected chi connectivity index (χ4v) is 5.16. The third-order valence-electron chi connectivity index (χ3n) is 4.54. The summed E-state index contributed by atoms with van der Waals surface area (Å²) in [6, 6.07) is 5.05. The van der Waals surface area contributed by atoms with Crippen molar-refractivity contribution in [3.63, 3.8) is 0 Å². The van der Waals surface area contributed by atoms with Gasteiger partial charge in [-0.15, -0.1) is 23.1 Å². The van der Waals surface area contributed by atoms with Crippen LogP contribution in [0.1, 0.15) is 29.5 Å². The maximum atomic E-state index is 12.7. The zero-order valence-electron chi connectivity index (χ0n) is 16.3. The van der Waals surface area contributed by atoms with Crippen LogP contribution in [0.5, 0.6) is 0 Å². The molecule has 0 spiro atoms. The number of thiazole rings is 1. The molecule has 0 fully saturated rings. The number of carboxylic acids is 1. The van der Waals surface area contributed by atoms with E-state index in [1.807, 2.05) is 26.0 Å². The normalized spacial score (nSPS) is 16.9. The Morgan fingerprint density at radius 3 is 2.60 bits per heavy atom. The average molecular weight is 456 g/mol. The second-order valence-corrected chi connectivity index (χ2v) is 8.95. The van der Waals surface area contributed by atoms with Gasteiger partial charge in [0, 0.05) is 21.1 Å². The highest BCUT2D eigenvalue weighted by Gasteiger charge is 2.30. The van der Waals surface area contributed by atoms with Crippen molar-refractivity contribution in [3.8, 4) is 10.6 Å². The molecule has 0 saturated heterocycles. The van der Waals surface area contributed by atoms with Crippen LogP contribution in [0.2, 0.25) is 0 Å². The summed E-state index contributed by atoms with van der Waals surface area (Å²) in [5, 5.41) is 9.43. The number of thioether (sulfide) groups is 1. The average Bonchev–Trinajstić information content (AvgIpc) is 3.05. The first-order valence-electron chi connectivity index (χ1n) is 9.12. The number of nitrogens with zero attached hydrogens (tertiary/aromatic N) is 1. The van der Waals surface area contributed by atoms with Gasteiger partial charge in [0.1, 0.15) is 11.6 Å². The molecular weight excluding hydrogens is 435 g/mol. The predicted molar refractivity (Wildman–Crippen MR) is 112 cm³/mol. The molecule has 1 N–H and O–H groups in total. The third kappa shape index (κ3) is 5.74. The molecule has 0 radical (unpaired) electrons. The lowest BCUT2D eigenvalue weighted by molar-refractivity contribution is -0.143. The lowest BCUT2D eigenvalue weighted by Gasteiger charge is -2.21. The Kier molecular flexibility index (Phi) is 7.05. The molecule has 2 aromatic rings. The van der Waals surface area contributed by atoms with E-state index in [2.05, 4.69) is 4.98 Å². The highest BCUT2D eigenvalue weighted by molar-refractivity contribution is 8.02. The molecular formula is C21H20F3NO3S2. The van der Waals surface area contributed by atoms with Crippen molar-refractivity contribution in [2.24, 2.45) is 0 Å². The highest BCUT2D eigenvalue weighted by atomic mass is 32.2. The van der Waals surface area contributed by atoms with Gasteiger partial charge in [-0.25, -0.2) is 9.78 Å². The minimum atomic E-state index is -4.35. The van der Waals surface area contributed by atoms with Crippen molar-refractivity contribution in [1.82, 2.24) is 4.98 Å². The van der Waals surface area contributed by atoms with Crippen molar-refractivity contribution in [1.29, 1.82) is 0 Å². The fraction of sp³-hybridized carbons (Fsp3) is 0.333. The number of allylic oxidation sites excluding steroid dienone is 1. The number of hydrogen-bond acceptors (Lipinski definition) is 5. The Morgan fingerprint density at radius 1 is 1.30 bits per heavy atom. The molecule has 0 bridgehead atoms. The van der Waals surface area contributed by atoms with Gasteiger partial charge in [-0.3, -0.25) is 0 Å². The zero-order valence-corrected chi connectivity index (χ0v) is 18.0. The minimum absolute atomic E-state index is 0.220. The van der Waals surface area contributed by atoms with Gasteiger partial charge in [-0.2, -0.15) is 13.2 Å². The molecule has 1 aliphatic rings. The van der Waals surface area contributed by atoms with Crippen LogP contribution in [-0.4, -0.2) is 28.8 Å². The first-order valence-corrected chi connectivity index (χ1v) is 10.9. The fourth-order valence-electron chi connectivity index (χ4n) is 2.89. The Labute approximate surface area is 180 Å². The Morgan fingerprint density at radius 2 is 2.00 bits per heavy atom. The van der Waals surface area contributed by atoms with Crippen LogP contribution in [0.15, 0.2) is 46.9 Å². The van der Waals surface area contributed by atoms with Gasteiger partial charge in [0.05, 0.1) is 17.4 Å². The summed E-state index contributed by atoms with van der Waals surface area (Å²) < 4.78 is 43.6. The van der Waals surface area contributed by atoms with Gasteiger partial charge in [0.2, 0.25) is 0 Å². The van der Waals surface area contributed by atoms with Gasteiger partial charge in [0.15, 0.2) is 0 Å². The number of carboxylic acid groups (broad SMARTS) is 1. The number of alkyl halides is 3. The third-order valence-corrected chi connectivity index (χ3v) is 6.98. The smallest absolute Gasteiger partial charge is 0.416 e. The molecule has 0 aliphatic heterocycles. The molecule has 0 saturated carbocycles. The van der Waals surface area contributed by atoms with Gasteiger partial charge in [-0.05, 0) is 44.1 Å². The molecule has 1 unspecified atom stereocenters. The highest BCUT2D eigenvalue weighted by Crippen LogP contribution is 2.36. The van der Waals surface area contributed by atoms with Gasteiger partial charge < -0.3 is 9.84 Å². The quantitative estimate of drug-likeness (QED) is 0.549. The SMILES string of the molecule is CC1=CC(SCc2sc(-c3ccc(C(F)(F)F)cc3)nc2C)=CCC1OCC(=O)O. The summed E-state index contributed by atoms with van der Waals surface area (Å²) in [4.78, 5) is 17.3. The number of rotatable bonds is 7. The van der Waals surface area contributed by atoms with Crippen LogP contribution in [0, 0.1) is 6.92 Å². The Bertz CT molecular complexity index is 978. The Balaban J connectivity index is 1.62. The number of benzene rings is 1. The first-order chi connectivity index (χ1) is 14.1. The second-order valence-electron chi connectivity index (χ2n) is 6.82. The van der Waals surface area contributed by atoms with Crippen LogP contribution in [0.25, 0.3) is 10.6 Å². The van der Waals surface area contributed by atoms with Crippen LogP contribution in [0.3, 0.4) is 0 Å². The number of halogens is 3. The standard InChI is InChI=1S/C21H20F3NO3S2/c1-12-9-16(7-8-17(12)28-10-19(26)27)29-11-18-13(2)25-20(30-18)14-3-5-15(6-4-14)21(22,23)24/h3-7,9,17H,8,10-11H2,1-2H3,(H,26,27). The largest absolute Gasteiger partial charge is 0.480 e. The van der Waals surface area contributed by atoms with E-state index in [-0.39, 0.29) is 12.7 Å². The number of hydrogen-bond donors (Lipinski definition) is 1. The number of ether oxygens (including phenoxy) is 1. The maximum absolute atomic E-state index is 12.7. The molecule has 1 aromatic carbocycles. The first kappa shape index (κ1) is 22.6. The zero-order chi connectivity index (χ0) is 21.9. The van der Waals surface area contributed by atoms with Crippen LogP contribution in [-0.2, 0) is 21.5 Å². The van der Waals surface area contributed by atoms with Gasteiger partial charge >= 0.3 is 12.1 Å². The van der Waals surface area contributed by atoms with Crippen LogP contribution in [0.4, 0.5) is 13.2 Å². The number of aliphatic carboxylic acids is 1. The minimum Gasteiger partial charge on any atom is -0.480 e. The van der Waals surface area contributed by atoms with E-state index in [1.165, 1.54) is 23.5 Å². The molecule has 0 amide bonds. The summed E-state index contributed by atoms with van der Waals surface area (Å²) in [6.45, 7) is 3.49. The Hall–Kier alpha value is -2.10. The van der Waals surface area contributed by atoms with Gasteiger partial charge in [0.25, 0.3) is 0 Å². The van der Waals surface area contributed by atoms with E-state index in [4.69, 9.17) is 9.84 Å². The molecule has 1 aliphatic carbocycles. The van der Waals surface area contributed by atoms with Crippen molar-refractivity contribution < 1.29 is 27.8 Å². The molecule has 9 heteroatoms. The molecule has 30 heavy (non-hydrogen) atoms. The molecule has 1 atom stereocenters. The monoisotopic (exact) mass is 455 g/mol. The van der Waals surface area contributed by atoms with Crippen molar-refractivity contribution in [2.45, 2.75) is 38.3 Å². The number of carbonyl (C=O) groups is 1. The van der Waals surface area contributed by atoms with Gasteiger partial charge in [-0.1, -0.05) is 18.2 Å².